The van der Waals surface area contributed by atoms with Crippen molar-refractivity contribution >= 4 is 18.0 Å². The molecule has 0 aliphatic rings. The van der Waals surface area contributed by atoms with Gasteiger partial charge < -0.3 is 14.6 Å². The summed E-state index contributed by atoms with van der Waals surface area (Å²) in [5.74, 6) is -1.51. The summed E-state index contributed by atoms with van der Waals surface area (Å²) in [6, 6.07) is -0.444. The van der Waals surface area contributed by atoms with Gasteiger partial charge >= 0.3 is 18.0 Å². The number of carbonyl (C=O) groups excluding carboxylic acids is 2. The number of esters is 1. The Morgan fingerprint density at radius 1 is 1.24 bits per heavy atom. The van der Waals surface area contributed by atoms with E-state index in [9.17, 15) is 14.4 Å². The molecule has 7 nitrogen and oxygen atoms in total. The zero-order chi connectivity index (χ0) is 16.6. The molecular weight excluding hydrogens is 278 g/mol. The van der Waals surface area contributed by atoms with Crippen LogP contribution in [0, 0.1) is 0 Å². The quantitative estimate of drug-likeness (QED) is 0.723. The van der Waals surface area contributed by atoms with Crippen LogP contribution in [0.5, 0.6) is 0 Å². The zero-order valence-electron chi connectivity index (χ0n) is 13.3. The van der Waals surface area contributed by atoms with E-state index >= 15 is 0 Å². The van der Waals surface area contributed by atoms with Crippen LogP contribution in [0.25, 0.3) is 0 Å². The summed E-state index contributed by atoms with van der Waals surface area (Å²) in [6.45, 7) is 8.45. The second-order valence-corrected chi connectivity index (χ2v) is 5.69. The van der Waals surface area contributed by atoms with E-state index in [1.165, 1.54) is 4.90 Å². The lowest BCUT2D eigenvalue weighted by molar-refractivity contribution is -0.144. The summed E-state index contributed by atoms with van der Waals surface area (Å²) in [4.78, 5) is 35.5. The van der Waals surface area contributed by atoms with Crippen molar-refractivity contribution in [1.29, 1.82) is 0 Å². The van der Waals surface area contributed by atoms with Crippen molar-refractivity contribution in [3.8, 4) is 0 Å². The van der Waals surface area contributed by atoms with Crippen molar-refractivity contribution in [1.82, 2.24) is 4.90 Å². The van der Waals surface area contributed by atoms with Crippen molar-refractivity contribution in [2.24, 2.45) is 0 Å². The first-order valence-electron chi connectivity index (χ1n) is 6.93. The highest BCUT2D eigenvalue weighted by atomic mass is 16.6. The number of ether oxygens (including phenoxy) is 2. The molecule has 0 aliphatic carbocycles. The number of hydrogen-bond acceptors (Lipinski definition) is 5. The molecule has 0 aromatic rings. The lowest BCUT2D eigenvalue weighted by atomic mass is 10.1. The number of carbonyl (C=O) groups is 3. The van der Waals surface area contributed by atoms with E-state index in [0.717, 1.165) is 0 Å². The summed E-state index contributed by atoms with van der Waals surface area (Å²) in [5.41, 5.74) is -0.698. The van der Waals surface area contributed by atoms with E-state index in [4.69, 9.17) is 14.6 Å². The van der Waals surface area contributed by atoms with E-state index in [1.54, 1.807) is 34.6 Å². The molecule has 0 aromatic carbocycles. The lowest BCUT2D eigenvalue weighted by Gasteiger charge is -2.30. The monoisotopic (exact) mass is 303 g/mol. The molecule has 1 unspecified atom stereocenters. The van der Waals surface area contributed by atoms with Gasteiger partial charge in [-0.05, 0) is 41.0 Å². The van der Waals surface area contributed by atoms with Crippen LogP contribution in [-0.4, -0.2) is 52.8 Å². The number of carboxylic acid groups (broad SMARTS) is 1. The lowest BCUT2D eigenvalue weighted by Crippen LogP contribution is -2.45. The minimum Gasteiger partial charge on any atom is -0.481 e. The summed E-state index contributed by atoms with van der Waals surface area (Å²) < 4.78 is 10.1. The van der Waals surface area contributed by atoms with Crippen LogP contribution in [0.2, 0.25) is 0 Å². The molecule has 1 N–H and O–H groups in total. The van der Waals surface area contributed by atoms with Crippen LogP contribution in [0.1, 0.15) is 47.5 Å². The number of carboxylic acids is 1. The second-order valence-electron chi connectivity index (χ2n) is 5.69. The first kappa shape index (κ1) is 19.2. The van der Waals surface area contributed by atoms with Crippen LogP contribution in [0.4, 0.5) is 4.79 Å². The maximum absolute atomic E-state index is 12.1. The fourth-order valence-corrected chi connectivity index (χ4v) is 1.55. The molecule has 0 saturated carbocycles. The number of amides is 1. The zero-order valence-corrected chi connectivity index (χ0v) is 13.3. The molecular formula is C14H25NO6. The Kier molecular flexibility index (Phi) is 7.76. The molecule has 122 valence electrons. The topological polar surface area (TPSA) is 93.1 Å². The van der Waals surface area contributed by atoms with Crippen LogP contribution < -0.4 is 0 Å². The molecule has 0 aliphatic heterocycles. The van der Waals surface area contributed by atoms with E-state index in [-0.39, 0.29) is 26.0 Å². The van der Waals surface area contributed by atoms with Gasteiger partial charge in [-0.2, -0.15) is 0 Å². The molecule has 0 bridgehead atoms. The Hall–Kier alpha value is -1.79. The molecule has 0 radical (unpaired) electrons. The van der Waals surface area contributed by atoms with Gasteiger partial charge in [0.25, 0.3) is 0 Å². The van der Waals surface area contributed by atoms with Gasteiger partial charge in [-0.15, -0.1) is 0 Å². The molecule has 0 fully saturated rings. The van der Waals surface area contributed by atoms with Gasteiger partial charge in [0.1, 0.15) is 12.1 Å². The van der Waals surface area contributed by atoms with Crippen molar-refractivity contribution in [2.75, 3.05) is 13.2 Å². The second kappa shape index (κ2) is 8.49. The summed E-state index contributed by atoms with van der Waals surface area (Å²) >= 11 is 0. The first-order valence-corrected chi connectivity index (χ1v) is 6.93. The first-order chi connectivity index (χ1) is 9.56. The van der Waals surface area contributed by atoms with E-state index < -0.39 is 29.7 Å². The predicted octanol–water partition coefficient (Wildman–Crippen LogP) is 2.04. The number of nitrogens with zero attached hydrogens (tertiary/aromatic N) is 1. The highest BCUT2D eigenvalue weighted by molar-refractivity contribution is 5.78. The van der Waals surface area contributed by atoms with Crippen molar-refractivity contribution in [3.63, 3.8) is 0 Å². The minimum atomic E-state index is -0.956. The number of hydrogen-bond donors (Lipinski definition) is 1. The van der Waals surface area contributed by atoms with Gasteiger partial charge in [-0.3, -0.25) is 14.5 Å². The third-order valence-electron chi connectivity index (χ3n) is 2.54. The molecule has 0 saturated heterocycles. The molecule has 21 heavy (non-hydrogen) atoms. The third-order valence-corrected chi connectivity index (χ3v) is 2.54. The smallest absolute Gasteiger partial charge is 0.411 e. The van der Waals surface area contributed by atoms with E-state index in [2.05, 4.69) is 0 Å². The number of aliphatic carboxylic acids is 1. The molecule has 0 spiro atoms. The van der Waals surface area contributed by atoms with Crippen molar-refractivity contribution < 1.29 is 29.0 Å². The molecule has 7 heteroatoms. The Balaban J connectivity index is 4.85. The van der Waals surface area contributed by atoms with Gasteiger partial charge in [0.15, 0.2) is 0 Å². The largest absolute Gasteiger partial charge is 0.481 e. The fourth-order valence-electron chi connectivity index (χ4n) is 1.55. The third kappa shape index (κ3) is 8.88. The molecule has 1 amide bonds. The minimum absolute atomic E-state index is 0.0940. The van der Waals surface area contributed by atoms with E-state index in [0.29, 0.717) is 0 Å². The predicted molar refractivity (Wildman–Crippen MR) is 75.9 cm³/mol. The van der Waals surface area contributed by atoms with Crippen LogP contribution >= 0.6 is 0 Å². The molecule has 0 heterocycles. The van der Waals surface area contributed by atoms with Crippen molar-refractivity contribution in [3.05, 3.63) is 0 Å². The highest BCUT2D eigenvalue weighted by Gasteiger charge is 2.28. The fraction of sp³-hybridized carbons (Fsp3) is 0.786. The number of rotatable bonds is 7. The van der Waals surface area contributed by atoms with Gasteiger partial charge in [0.05, 0.1) is 6.61 Å². The normalized spacial score (nSPS) is 12.4. The average Bonchev–Trinajstić information content (AvgIpc) is 2.31. The van der Waals surface area contributed by atoms with Crippen LogP contribution in [-0.2, 0) is 19.1 Å². The van der Waals surface area contributed by atoms with Crippen molar-refractivity contribution in [2.45, 2.75) is 59.1 Å². The summed E-state index contributed by atoms with van der Waals surface area (Å²) in [6.07, 6.45) is -0.523. The highest BCUT2D eigenvalue weighted by Crippen LogP contribution is 2.14. The molecule has 0 aromatic heterocycles. The molecule has 1 atom stereocenters. The van der Waals surface area contributed by atoms with Crippen LogP contribution in [0.15, 0.2) is 0 Å². The van der Waals surface area contributed by atoms with E-state index in [1.807, 2.05) is 0 Å². The van der Waals surface area contributed by atoms with Gasteiger partial charge in [0.2, 0.25) is 0 Å². The Bertz CT molecular complexity index is 374. The standard InChI is InChI=1S/C14H25NO6/c1-6-20-12(18)9-15(10(2)7-8-11(16)17)13(19)21-14(3,4)5/h10H,6-9H2,1-5H3,(H,16,17). The molecule has 0 rings (SSSR count). The Morgan fingerprint density at radius 2 is 1.81 bits per heavy atom. The van der Waals surface area contributed by atoms with Gasteiger partial charge in [0, 0.05) is 12.5 Å². The van der Waals surface area contributed by atoms with Crippen LogP contribution in [0.3, 0.4) is 0 Å². The Morgan fingerprint density at radius 3 is 2.24 bits per heavy atom. The Labute approximate surface area is 125 Å². The maximum Gasteiger partial charge on any atom is 0.411 e. The van der Waals surface area contributed by atoms with Gasteiger partial charge in [-0.1, -0.05) is 0 Å². The average molecular weight is 303 g/mol. The summed E-state index contributed by atoms with van der Waals surface area (Å²) in [7, 11) is 0. The van der Waals surface area contributed by atoms with Gasteiger partial charge in [-0.25, -0.2) is 4.79 Å². The maximum atomic E-state index is 12.1. The SMILES string of the molecule is CCOC(=O)CN(C(=O)OC(C)(C)C)C(C)CCC(=O)O. The summed E-state index contributed by atoms with van der Waals surface area (Å²) in [5, 5.41) is 8.71.